The molecule has 7 nitrogen and oxygen atoms in total. The van der Waals surface area contributed by atoms with Crippen LogP contribution in [0.2, 0.25) is 0 Å². The van der Waals surface area contributed by atoms with Gasteiger partial charge in [0.1, 0.15) is 18.9 Å². The van der Waals surface area contributed by atoms with E-state index in [1.165, 1.54) is 10.9 Å². The van der Waals surface area contributed by atoms with Gasteiger partial charge in [-0.15, -0.1) is 0 Å². The summed E-state index contributed by atoms with van der Waals surface area (Å²) < 4.78 is 3.21. The lowest BCUT2D eigenvalue weighted by atomic mass is 10.1. The van der Waals surface area contributed by atoms with Crippen molar-refractivity contribution in [2.75, 3.05) is 0 Å². The molecule has 0 aliphatic heterocycles. The zero-order valence-electron chi connectivity index (χ0n) is 11.0. The van der Waals surface area contributed by atoms with Crippen LogP contribution in [0, 0.1) is 24.0 Å². The van der Waals surface area contributed by atoms with Gasteiger partial charge in [-0.25, -0.2) is 0 Å². The Labute approximate surface area is 109 Å². The zero-order chi connectivity index (χ0) is 14.2. The fourth-order valence-corrected chi connectivity index (χ4v) is 1.90. The topological polar surface area (TPSA) is 83.0 Å². The summed E-state index contributed by atoms with van der Waals surface area (Å²) in [6.45, 7) is 3.78. The number of hydrogen-bond donors (Lipinski definition) is 0. The molecular formula is C12H14N4O3. The first-order valence-electron chi connectivity index (χ1n) is 5.73. The second kappa shape index (κ2) is 4.68. The number of nitro groups is 1. The van der Waals surface area contributed by atoms with Crippen molar-refractivity contribution in [1.82, 2.24) is 14.3 Å². The number of aryl methyl sites for hydroxylation is 1. The lowest BCUT2D eigenvalue weighted by Crippen LogP contribution is -2.11. The average molecular weight is 262 g/mol. The van der Waals surface area contributed by atoms with Gasteiger partial charge in [-0.1, -0.05) is 0 Å². The van der Waals surface area contributed by atoms with Gasteiger partial charge in [0.25, 0.3) is 0 Å². The predicted molar refractivity (Wildman–Crippen MR) is 68.1 cm³/mol. The fraction of sp³-hybridized carbons (Fsp3) is 0.333. The van der Waals surface area contributed by atoms with Crippen molar-refractivity contribution in [2.45, 2.75) is 20.4 Å². The van der Waals surface area contributed by atoms with Crippen LogP contribution in [0.25, 0.3) is 0 Å². The number of nitrogens with zero attached hydrogens (tertiary/aromatic N) is 4. The molecule has 0 bridgehead atoms. The maximum Gasteiger partial charge on any atom is 0.307 e. The monoisotopic (exact) mass is 262 g/mol. The molecule has 0 fully saturated rings. The predicted octanol–water partition coefficient (Wildman–Crippen LogP) is 1.63. The van der Waals surface area contributed by atoms with Gasteiger partial charge in [-0.3, -0.25) is 19.6 Å². The zero-order valence-corrected chi connectivity index (χ0v) is 11.0. The maximum atomic E-state index is 12.1. The Balaban J connectivity index is 2.20. The number of aromatic nitrogens is 3. The molecule has 0 aliphatic rings. The van der Waals surface area contributed by atoms with Gasteiger partial charge in [0.15, 0.2) is 5.78 Å². The number of ketones is 1. The Morgan fingerprint density at radius 3 is 2.63 bits per heavy atom. The van der Waals surface area contributed by atoms with Crippen LogP contribution in [-0.4, -0.2) is 25.1 Å². The second-order valence-corrected chi connectivity index (χ2v) is 4.42. The summed E-state index contributed by atoms with van der Waals surface area (Å²) in [5, 5.41) is 14.3. The number of hydrogen-bond acceptors (Lipinski definition) is 4. The highest BCUT2D eigenvalue weighted by Crippen LogP contribution is 2.15. The third-order valence-electron chi connectivity index (χ3n) is 3.21. The van der Waals surface area contributed by atoms with Crippen molar-refractivity contribution in [3.8, 4) is 0 Å². The van der Waals surface area contributed by atoms with Crippen LogP contribution < -0.4 is 0 Å². The van der Waals surface area contributed by atoms with E-state index in [0.29, 0.717) is 5.56 Å². The molecule has 0 amide bonds. The molecule has 2 aromatic rings. The molecule has 0 radical (unpaired) electrons. The number of Topliss-reactive ketones (excluding diaryl/α,β-unsaturated/α-hetero) is 1. The highest BCUT2D eigenvalue weighted by molar-refractivity contribution is 5.97. The smallest absolute Gasteiger partial charge is 0.307 e. The molecule has 0 atom stereocenters. The Morgan fingerprint density at radius 1 is 1.47 bits per heavy atom. The average Bonchev–Trinajstić information content (AvgIpc) is 2.90. The van der Waals surface area contributed by atoms with Crippen LogP contribution in [-0.2, 0) is 13.6 Å². The maximum absolute atomic E-state index is 12.1. The molecule has 0 aromatic carbocycles. The Morgan fingerprint density at radius 2 is 2.16 bits per heavy atom. The first-order valence-corrected chi connectivity index (χ1v) is 5.73. The lowest BCUT2D eigenvalue weighted by molar-refractivity contribution is -0.385. The van der Waals surface area contributed by atoms with Crippen molar-refractivity contribution < 1.29 is 9.72 Å². The van der Waals surface area contributed by atoms with E-state index in [0.717, 1.165) is 17.6 Å². The molecule has 7 heteroatoms. The van der Waals surface area contributed by atoms with Gasteiger partial charge < -0.3 is 4.57 Å². The molecule has 0 aliphatic carbocycles. The summed E-state index contributed by atoms with van der Waals surface area (Å²) in [5.41, 5.74) is 2.38. The highest BCUT2D eigenvalue weighted by atomic mass is 16.6. The van der Waals surface area contributed by atoms with Crippen molar-refractivity contribution >= 4 is 11.5 Å². The molecule has 0 N–H and O–H groups in total. The summed E-state index contributed by atoms with van der Waals surface area (Å²) in [6.07, 6.45) is 2.39. The molecule has 19 heavy (non-hydrogen) atoms. The number of carbonyl (C=O) groups is 1. The van der Waals surface area contributed by atoms with Crippen molar-refractivity contribution in [3.63, 3.8) is 0 Å². The second-order valence-electron chi connectivity index (χ2n) is 4.42. The van der Waals surface area contributed by atoms with Crippen LogP contribution >= 0.6 is 0 Å². The Bertz CT molecular complexity index is 654. The van der Waals surface area contributed by atoms with Crippen molar-refractivity contribution in [1.29, 1.82) is 0 Å². The van der Waals surface area contributed by atoms with E-state index in [1.54, 1.807) is 0 Å². The summed E-state index contributed by atoms with van der Waals surface area (Å²) >= 11 is 0. The first-order chi connectivity index (χ1) is 8.90. The summed E-state index contributed by atoms with van der Waals surface area (Å²) in [4.78, 5) is 22.1. The minimum absolute atomic E-state index is 0.00185. The summed E-state index contributed by atoms with van der Waals surface area (Å²) in [6, 6.07) is 1.82. The number of rotatable bonds is 4. The lowest BCUT2D eigenvalue weighted by Gasteiger charge is -2.02. The molecule has 0 unspecified atom stereocenters. The summed E-state index contributed by atoms with van der Waals surface area (Å²) in [5.74, 6) is -0.112. The van der Waals surface area contributed by atoms with Gasteiger partial charge in [-0.05, 0) is 19.9 Å². The largest absolute Gasteiger partial charge is 0.351 e. The summed E-state index contributed by atoms with van der Waals surface area (Å²) in [7, 11) is 1.89. The minimum Gasteiger partial charge on any atom is -0.351 e. The Kier molecular flexibility index (Phi) is 3.20. The quantitative estimate of drug-likeness (QED) is 0.476. The van der Waals surface area contributed by atoms with Gasteiger partial charge in [0.05, 0.1) is 4.92 Å². The number of carbonyl (C=O) groups excluding carboxylic acids is 1. The van der Waals surface area contributed by atoms with E-state index < -0.39 is 4.92 Å². The van der Waals surface area contributed by atoms with E-state index in [2.05, 4.69) is 5.10 Å². The van der Waals surface area contributed by atoms with Gasteiger partial charge in [-0.2, -0.15) is 5.10 Å². The van der Waals surface area contributed by atoms with Crippen molar-refractivity contribution in [3.05, 3.63) is 45.5 Å². The molecule has 0 spiro atoms. The minimum atomic E-state index is -0.536. The van der Waals surface area contributed by atoms with Crippen LogP contribution in [0.5, 0.6) is 0 Å². The fourth-order valence-electron chi connectivity index (χ4n) is 1.90. The molecule has 2 rings (SSSR count). The molecule has 2 heterocycles. The van der Waals surface area contributed by atoms with E-state index in [-0.39, 0.29) is 18.0 Å². The molecular weight excluding hydrogens is 248 g/mol. The van der Waals surface area contributed by atoms with E-state index in [9.17, 15) is 14.9 Å². The first kappa shape index (κ1) is 13.0. The van der Waals surface area contributed by atoms with Gasteiger partial charge >= 0.3 is 5.69 Å². The van der Waals surface area contributed by atoms with Crippen LogP contribution in [0.4, 0.5) is 5.69 Å². The SMILES string of the molecule is Cc1cc(C(=O)Cn2cc([N+](=O)[O-])cn2)c(C)n1C. The highest BCUT2D eigenvalue weighted by Gasteiger charge is 2.16. The van der Waals surface area contributed by atoms with E-state index in [1.807, 2.05) is 31.5 Å². The third kappa shape index (κ3) is 2.40. The van der Waals surface area contributed by atoms with Crippen LogP contribution in [0.3, 0.4) is 0 Å². The van der Waals surface area contributed by atoms with Crippen LogP contribution in [0.1, 0.15) is 21.7 Å². The molecule has 0 saturated carbocycles. The van der Waals surface area contributed by atoms with Gasteiger partial charge in [0.2, 0.25) is 0 Å². The van der Waals surface area contributed by atoms with Crippen LogP contribution in [0.15, 0.2) is 18.5 Å². The third-order valence-corrected chi connectivity index (χ3v) is 3.21. The molecule has 2 aromatic heterocycles. The Hall–Kier alpha value is -2.44. The van der Waals surface area contributed by atoms with E-state index in [4.69, 9.17) is 0 Å². The normalized spacial score (nSPS) is 10.7. The van der Waals surface area contributed by atoms with E-state index >= 15 is 0 Å². The standard InChI is InChI=1S/C12H14N4O3/c1-8-4-11(9(2)14(8)3)12(17)7-15-6-10(5-13-15)16(18)19/h4-6H,7H2,1-3H3. The molecule has 0 saturated heterocycles. The van der Waals surface area contributed by atoms with Gasteiger partial charge in [0, 0.05) is 24.0 Å². The van der Waals surface area contributed by atoms with Crippen molar-refractivity contribution in [2.24, 2.45) is 7.05 Å². The molecule has 100 valence electrons.